The number of halogens is 1. The van der Waals surface area contributed by atoms with Crippen molar-refractivity contribution in [2.75, 3.05) is 0 Å². The third-order valence-corrected chi connectivity index (χ3v) is 0.577. The summed E-state index contributed by atoms with van der Waals surface area (Å²) < 4.78 is 0. The molecule has 0 bridgehead atoms. The molecule has 0 atom stereocenters. The Hall–Kier alpha value is 1.10. The molecule has 0 rings (SSSR count). The van der Waals surface area contributed by atoms with Gasteiger partial charge in [-0.25, -0.2) is 0 Å². The number of hydrogen-bond donors (Lipinski definition) is 0. The molecule has 0 nitrogen and oxygen atoms in total. The fraction of sp³-hybridized carbons (Fsp3) is 0.800. The summed E-state index contributed by atoms with van der Waals surface area (Å²) in [5.41, 5.74) is 0. The van der Waals surface area contributed by atoms with E-state index in [2.05, 4.69) is 20.8 Å². The van der Waals surface area contributed by atoms with Crippen LogP contribution in [-0.2, 0) is 19.5 Å². The SMILES string of the molecule is [Br-].[CH2]CC(C)C.[Zn]. The standard InChI is InChI=1S/C5H11.BrH.Zn/c1-4-5(2)3;;/h5H,1,4H2,2-3H3;1H;/p-1. The number of hydrogen-bond acceptors (Lipinski definition) is 0. The quantitative estimate of drug-likeness (QED) is 0.487. The minimum Gasteiger partial charge on any atom is -1.00 e. The van der Waals surface area contributed by atoms with Crippen LogP contribution in [-0.4, -0.2) is 0 Å². The van der Waals surface area contributed by atoms with E-state index in [-0.39, 0.29) is 36.5 Å². The molecule has 0 aromatic heterocycles. The van der Waals surface area contributed by atoms with Gasteiger partial charge in [0.25, 0.3) is 0 Å². The van der Waals surface area contributed by atoms with Gasteiger partial charge in [-0.05, 0) is 5.92 Å². The first-order chi connectivity index (χ1) is 2.27. The zero-order valence-corrected chi connectivity index (χ0v) is 9.63. The van der Waals surface area contributed by atoms with Crippen LogP contribution in [0, 0.1) is 12.8 Å². The van der Waals surface area contributed by atoms with E-state index >= 15 is 0 Å². The second-order valence-electron chi connectivity index (χ2n) is 1.68. The molecule has 0 aliphatic carbocycles. The summed E-state index contributed by atoms with van der Waals surface area (Å²) in [5, 5.41) is 0. The van der Waals surface area contributed by atoms with Gasteiger partial charge in [-0.1, -0.05) is 27.2 Å². The molecule has 0 aliphatic heterocycles. The summed E-state index contributed by atoms with van der Waals surface area (Å²) in [6.07, 6.45) is 1.06. The first kappa shape index (κ1) is 15.7. The van der Waals surface area contributed by atoms with E-state index in [9.17, 15) is 0 Å². The summed E-state index contributed by atoms with van der Waals surface area (Å²) in [4.78, 5) is 0. The molecule has 0 unspecified atom stereocenters. The molecule has 0 amide bonds. The van der Waals surface area contributed by atoms with Gasteiger partial charge in [0.2, 0.25) is 0 Å². The average molecular weight is 216 g/mol. The largest absolute Gasteiger partial charge is 1.00 e. The van der Waals surface area contributed by atoms with Crippen LogP contribution in [0.1, 0.15) is 20.3 Å². The Bertz CT molecular complexity index is 22.0. The Balaban J connectivity index is -0.0000000800. The van der Waals surface area contributed by atoms with E-state index in [4.69, 9.17) is 0 Å². The van der Waals surface area contributed by atoms with Crippen molar-refractivity contribution in [3.63, 3.8) is 0 Å². The summed E-state index contributed by atoms with van der Waals surface area (Å²) >= 11 is 0. The van der Waals surface area contributed by atoms with Crippen LogP contribution in [0.3, 0.4) is 0 Å². The molecule has 0 saturated heterocycles. The fourth-order valence-corrected chi connectivity index (χ4v) is 0. The van der Waals surface area contributed by atoms with Crippen LogP contribution >= 0.6 is 0 Å². The van der Waals surface area contributed by atoms with E-state index in [1.54, 1.807) is 0 Å². The molecule has 0 aromatic rings. The third kappa shape index (κ3) is 19.2. The van der Waals surface area contributed by atoms with E-state index < -0.39 is 0 Å². The van der Waals surface area contributed by atoms with Crippen molar-refractivity contribution in [1.82, 2.24) is 0 Å². The van der Waals surface area contributed by atoms with Crippen LogP contribution in [0.5, 0.6) is 0 Å². The molecular formula is C5H11BrZn-. The number of rotatable bonds is 1. The maximum atomic E-state index is 3.69. The Morgan fingerprint density at radius 1 is 1.43 bits per heavy atom. The van der Waals surface area contributed by atoms with Gasteiger partial charge in [-0.15, -0.1) is 0 Å². The van der Waals surface area contributed by atoms with Crippen molar-refractivity contribution < 1.29 is 36.5 Å². The molecular weight excluding hydrogens is 205 g/mol. The minimum absolute atomic E-state index is 0. The van der Waals surface area contributed by atoms with E-state index in [0.717, 1.165) is 12.3 Å². The predicted octanol–water partition coefficient (Wildman–Crippen LogP) is -1.13. The van der Waals surface area contributed by atoms with Crippen molar-refractivity contribution >= 4 is 0 Å². The van der Waals surface area contributed by atoms with Gasteiger partial charge in [-0.2, -0.15) is 0 Å². The molecule has 0 aromatic carbocycles. The maximum absolute atomic E-state index is 3.69. The molecule has 2 heteroatoms. The Labute approximate surface area is 69.6 Å². The summed E-state index contributed by atoms with van der Waals surface area (Å²) in [6.45, 7) is 8.00. The summed E-state index contributed by atoms with van der Waals surface area (Å²) in [5.74, 6) is 0.773. The average Bonchev–Trinajstić information content (AvgIpc) is 1.38. The van der Waals surface area contributed by atoms with Gasteiger partial charge in [-0.3, -0.25) is 0 Å². The topological polar surface area (TPSA) is 0 Å². The first-order valence-electron chi connectivity index (χ1n) is 2.06. The van der Waals surface area contributed by atoms with Gasteiger partial charge in [0, 0.05) is 19.5 Å². The Morgan fingerprint density at radius 3 is 1.57 bits per heavy atom. The van der Waals surface area contributed by atoms with Crippen LogP contribution in [0.4, 0.5) is 0 Å². The molecule has 0 N–H and O–H groups in total. The second kappa shape index (κ2) is 10.2. The van der Waals surface area contributed by atoms with Crippen LogP contribution < -0.4 is 17.0 Å². The second-order valence-corrected chi connectivity index (χ2v) is 1.68. The fourth-order valence-electron chi connectivity index (χ4n) is 0. The smallest absolute Gasteiger partial charge is 0 e. The van der Waals surface area contributed by atoms with E-state index in [1.165, 1.54) is 0 Å². The van der Waals surface area contributed by atoms with Crippen molar-refractivity contribution in [2.45, 2.75) is 20.3 Å². The maximum Gasteiger partial charge on any atom is 0 e. The van der Waals surface area contributed by atoms with Crippen molar-refractivity contribution in [2.24, 2.45) is 5.92 Å². The Kier molecular flexibility index (Phi) is 22.8. The zero-order chi connectivity index (χ0) is 4.28. The summed E-state index contributed by atoms with van der Waals surface area (Å²) in [6, 6.07) is 0. The summed E-state index contributed by atoms with van der Waals surface area (Å²) in [7, 11) is 0. The van der Waals surface area contributed by atoms with Gasteiger partial charge >= 0.3 is 0 Å². The third-order valence-electron chi connectivity index (χ3n) is 0.577. The van der Waals surface area contributed by atoms with E-state index in [0.29, 0.717) is 0 Å². The molecule has 0 saturated carbocycles. The molecule has 7 heavy (non-hydrogen) atoms. The van der Waals surface area contributed by atoms with Crippen LogP contribution in [0.15, 0.2) is 0 Å². The van der Waals surface area contributed by atoms with Crippen molar-refractivity contribution in [3.05, 3.63) is 6.92 Å². The van der Waals surface area contributed by atoms with Crippen molar-refractivity contribution in [3.8, 4) is 0 Å². The van der Waals surface area contributed by atoms with Crippen LogP contribution in [0.2, 0.25) is 0 Å². The minimum atomic E-state index is 0. The van der Waals surface area contributed by atoms with Gasteiger partial charge in [0.05, 0.1) is 0 Å². The molecule has 0 fully saturated rings. The Morgan fingerprint density at radius 2 is 1.57 bits per heavy atom. The zero-order valence-electron chi connectivity index (χ0n) is 5.08. The van der Waals surface area contributed by atoms with Gasteiger partial charge < -0.3 is 17.0 Å². The molecule has 0 aliphatic rings. The predicted molar refractivity (Wildman–Crippen MR) is 24.8 cm³/mol. The van der Waals surface area contributed by atoms with Gasteiger partial charge in [0.1, 0.15) is 0 Å². The normalized spacial score (nSPS) is 6.86. The monoisotopic (exact) mass is 214 g/mol. The molecule has 1 radical (unpaired) electrons. The molecule has 0 spiro atoms. The van der Waals surface area contributed by atoms with Crippen LogP contribution in [0.25, 0.3) is 0 Å². The van der Waals surface area contributed by atoms with E-state index in [1.807, 2.05) is 0 Å². The molecule has 0 heterocycles. The first-order valence-corrected chi connectivity index (χ1v) is 2.06. The van der Waals surface area contributed by atoms with Crippen molar-refractivity contribution in [1.29, 1.82) is 0 Å². The van der Waals surface area contributed by atoms with Gasteiger partial charge in [0.15, 0.2) is 0 Å². The molecule has 41 valence electrons.